The molecule has 0 heterocycles. The summed E-state index contributed by atoms with van der Waals surface area (Å²) in [6.07, 6.45) is 1.88. The SMILES string of the molecule is C/C=C(/I)CO. The summed E-state index contributed by atoms with van der Waals surface area (Å²) in [5, 5.41) is 8.26. The second-order valence-electron chi connectivity index (χ2n) is 0.894. The van der Waals surface area contributed by atoms with Crippen LogP contribution < -0.4 is 0 Å². The van der Waals surface area contributed by atoms with Gasteiger partial charge in [-0.2, -0.15) is 0 Å². The average Bonchev–Trinajstić information content (AvgIpc) is 1.65. The minimum atomic E-state index is 0.178. The van der Waals surface area contributed by atoms with Crippen LogP contribution in [0.2, 0.25) is 0 Å². The number of halogens is 1. The molecule has 0 fully saturated rings. The molecule has 0 saturated heterocycles. The van der Waals surface area contributed by atoms with Gasteiger partial charge in [-0.3, -0.25) is 0 Å². The van der Waals surface area contributed by atoms with Crippen LogP contribution in [0.4, 0.5) is 0 Å². The van der Waals surface area contributed by atoms with E-state index < -0.39 is 0 Å². The number of hydrogen-bond donors (Lipinski definition) is 1. The van der Waals surface area contributed by atoms with Gasteiger partial charge in [-0.25, -0.2) is 0 Å². The highest BCUT2D eigenvalue weighted by Gasteiger charge is 1.77. The van der Waals surface area contributed by atoms with Gasteiger partial charge in [0.05, 0.1) is 6.61 Å². The lowest BCUT2D eigenvalue weighted by atomic mass is 10.6. The summed E-state index contributed by atoms with van der Waals surface area (Å²) in [7, 11) is 0. The lowest BCUT2D eigenvalue weighted by Gasteiger charge is -1.82. The Balaban J connectivity index is 3.22. The second-order valence-corrected chi connectivity index (χ2v) is 2.28. The first kappa shape index (κ1) is 6.43. The molecule has 2 heteroatoms. The fourth-order valence-electron chi connectivity index (χ4n) is 0.0913. The molecule has 0 radical (unpaired) electrons. The molecule has 0 aromatic rings. The Hall–Kier alpha value is 0.430. The molecule has 6 heavy (non-hydrogen) atoms. The molecule has 0 spiro atoms. The monoisotopic (exact) mass is 198 g/mol. The van der Waals surface area contributed by atoms with Gasteiger partial charge in [0, 0.05) is 3.58 Å². The summed E-state index contributed by atoms with van der Waals surface area (Å²) in [5.74, 6) is 0. The summed E-state index contributed by atoms with van der Waals surface area (Å²) < 4.78 is 0.993. The van der Waals surface area contributed by atoms with Crippen LogP contribution >= 0.6 is 22.6 Å². The van der Waals surface area contributed by atoms with Crippen molar-refractivity contribution in [2.45, 2.75) is 6.92 Å². The van der Waals surface area contributed by atoms with E-state index in [1.807, 2.05) is 13.0 Å². The van der Waals surface area contributed by atoms with Crippen LogP contribution in [-0.4, -0.2) is 11.7 Å². The molecule has 36 valence electrons. The molecule has 0 aliphatic heterocycles. The molecule has 0 aromatic heterocycles. The van der Waals surface area contributed by atoms with Gasteiger partial charge in [-0.05, 0) is 29.5 Å². The highest BCUT2D eigenvalue weighted by atomic mass is 127. The number of aliphatic hydroxyl groups excluding tert-OH is 1. The summed E-state index contributed by atoms with van der Waals surface area (Å²) in [6.45, 7) is 2.08. The van der Waals surface area contributed by atoms with Gasteiger partial charge >= 0.3 is 0 Å². The quantitative estimate of drug-likeness (QED) is 0.630. The van der Waals surface area contributed by atoms with Crippen molar-refractivity contribution in [3.05, 3.63) is 9.66 Å². The van der Waals surface area contributed by atoms with Crippen molar-refractivity contribution < 1.29 is 5.11 Å². The first-order valence-electron chi connectivity index (χ1n) is 1.72. The van der Waals surface area contributed by atoms with Crippen molar-refractivity contribution >= 4 is 22.6 Å². The minimum Gasteiger partial charge on any atom is -0.391 e. The van der Waals surface area contributed by atoms with E-state index in [9.17, 15) is 0 Å². The van der Waals surface area contributed by atoms with Crippen LogP contribution in [0.25, 0.3) is 0 Å². The van der Waals surface area contributed by atoms with Crippen molar-refractivity contribution in [2.24, 2.45) is 0 Å². The van der Waals surface area contributed by atoms with Gasteiger partial charge in [0.2, 0.25) is 0 Å². The molecule has 1 N–H and O–H groups in total. The molecular weight excluding hydrogens is 191 g/mol. The third-order valence-electron chi connectivity index (χ3n) is 0.464. The predicted octanol–water partition coefficient (Wildman–Crippen LogP) is 1.32. The summed E-state index contributed by atoms with van der Waals surface area (Å²) >= 11 is 2.08. The van der Waals surface area contributed by atoms with Crippen molar-refractivity contribution in [3.63, 3.8) is 0 Å². The van der Waals surface area contributed by atoms with E-state index in [1.54, 1.807) is 0 Å². The fraction of sp³-hybridized carbons (Fsp3) is 0.500. The van der Waals surface area contributed by atoms with Gasteiger partial charge in [0.15, 0.2) is 0 Å². The van der Waals surface area contributed by atoms with E-state index in [-0.39, 0.29) is 6.61 Å². The summed E-state index contributed by atoms with van der Waals surface area (Å²) in [6, 6.07) is 0. The third-order valence-corrected chi connectivity index (χ3v) is 1.43. The summed E-state index contributed by atoms with van der Waals surface area (Å²) in [5.41, 5.74) is 0. The lowest BCUT2D eigenvalue weighted by molar-refractivity contribution is 0.341. The van der Waals surface area contributed by atoms with Crippen molar-refractivity contribution in [2.75, 3.05) is 6.61 Å². The molecule has 0 aliphatic rings. The molecule has 0 rings (SSSR count). The Morgan fingerprint density at radius 2 is 2.50 bits per heavy atom. The minimum absolute atomic E-state index is 0.178. The maximum atomic E-state index is 8.26. The Bertz CT molecular complexity index is 58.6. The molecule has 0 aliphatic carbocycles. The molecule has 0 unspecified atom stereocenters. The zero-order valence-corrected chi connectivity index (χ0v) is 5.77. The molecular formula is C4H7IO. The normalized spacial score (nSPS) is 12.2. The molecule has 0 atom stereocenters. The largest absolute Gasteiger partial charge is 0.391 e. The Kier molecular flexibility index (Phi) is 3.87. The van der Waals surface area contributed by atoms with E-state index in [4.69, 9.17) is 5.11 Å². The van der Waals surface area contributed by atoms with Crippen LogP contribution in [0.5, 0.6) is 0 Å². The highest BCUT2D eigenvalue weighted by Crippen LogP contribution is 2.00. The van der Waals surface area contributed by atoms with Crippen LogP contribution in [0, 0.1) is 0 Å². The maximum Gasteiger partial charge on any atom is 0.0735 e. The van der Waals surface area contributed by atoms with Crippen molar-refractivity contribution in [1.29, 1.82) is 0 Å². The van der Waals surface area contributed by atoms with E-state index in [2.05, 4.69) is 22.6 Å². The molecule has 1 nitrogen and oxygen atoms in total. The van der Waals surface area contributed by atoms with E-state index in [1.165, 1.54) is 0 Å². The number of allylic oxidation sites excluding steroid dienone is 1. The maximum absolute atomic E-state index is 8.26. The van der Waals surface area contributed by atoms with Crippen molar-refractivity contribution in [1.82, 2.24) is 0 Å². The van der Waals surface area contributed by atoms with E-state index in [0.29, 0.717) is 0 Å². The van der Waals surface area contributed by atoms with Crippen LogP contribution in [-0.2, 0) is 0 Å². The van der Waals surface area contributed by atoms with Gasteiger partial charge < -0.3 is 5.11 Å². The van der Waals surface area contributed by atoms with Gasteiger partial charge in [0.25, 0.3) is 0 Å². The van der Waals surface area contributed by atoms with Crippen LogP contribution in [0.3, 0.4) is 0 Å². The van der Waals surface area contributed by atoms with Gasteiger partial charge in [-0.15, -0.1) is 0 Å². The van der Waals surface area contributed by atoms with Gasteiger partial charge in [-0.1, -0.05) is 6.08 Å². The Morgan fingerprint density at radius 3 is 2.50 bits per heavy atom. The van der Waals surface area contributed by atoms with Crippen LogP contribution in [0.15, 0.2) is 9.66 Å². The topological polar surface area (TPSA) is 20.2 Å². The molecule has 0 amide bonds. The highest BCUT2D eigenvalue weighted by molar-refractivity contribution is 14.1. The predicted molar refractivity (Wildman–Crippen MR) is 34.9 cm³/mol. The molecule has 0 bridgehead atoms. The Morgan fingerprint density at radius 1 is 2.00 bits per heavy atom. The lowest BCUT2D eigenvalue weighted by Crippen LogP contribution is -1.75. The first-order chi connectivity index (χ1) is 2.81. The summed E-state index contributed by atoms with van der Waals surface area (Å²) in [4.78, 5) is 0. The van der Waals surface area contributed by atoms with E-state index in [0.717, 1.165) is 3.58 Å². The average molecular weight is 198 g/mol. The smallest absolute Gasteiger partial charge is 0.0735 e. The van der Waals surface area contributed by atoms with E-state index >= 15 is 0 Å². The first-order valence-corrected chi connectivity index (χ1v) is 2.80. The fourth-order valence-corrected chi connectivity index (χ4v) is 0.0913. The standard InChI is InChI=1S/C4H7IO/c1-2-4(5)3-6/h2,6H,3H2,1H3/b4-2+. The zero-order valence-electron chi connectivity index (χ0n) is 3.61. The number of aliphatic hydroxyl groups is 1. The van der Waals surface area contributed by atoms with Gasteiger partial charge in [0.1, 0.15) is 0 Å². The number of hydrogen-bond acceptors (Lipinski definition) is 1. The second kappa shape index (κ2) is 3.61. The van der Waals surface area contributed by atoms with Crippen molar-refractivity contribution in [3.8, 4) is 0 Å². The number of rotatable bonds is 1. The molecule has 0 aromatic carbocycles. The zero-order chi connectivity index (χ0) is 4.99. The third kappa shape index (κ3) is 2.66. The Labute approximate surface area is 51.2 Å². The molecule has 0 saturated carbocycles. The van der Waals surface area contributed by atoms with Crippen LogP contribution in [0.1, 0.15) is 6.92 Å².